The topological polar surface area (TPSA) is 88.5 Å². The lowest BCUT2D eigenvalue weighted by atomic mass is 9.93. The molecule has 2 heterocycles. The van der Waals surface area contributed by atoms with Gasteiger partial charge in [0, 0.05) is 24.2 Å². The number of anilines is 1. The maximum atomic E-state index is 13.5. The molecule has 39 heavy (non-hydrogen) atoms. The van der Waals surface area contributed by atoms with Crippen molar-refractivity contribution in [2.75, 3.05) is 45.0 Å². The lowest BCUT2D eigenvalue weighted by Crippen LogP contribution is -2.37. The molecule has 0 radical (unpaired) electrons. The zero-order valence-electron chi connectivity index (χ0n) is 22.3. The Morgan fingerprint density at radius 3 is 2.54 bits per heavy atom. The normalized spacial score (nSPS) is 15.0. The van der Waals surface area contributed by atoms with Crippen LogP contribution in [0.4, 0.5) is 5.69 Å². The van der Waals surface area contributed by atoms with Crippen LogP contribution in [0.2, 0.25) is 5.02 Å². The smallest absolute Gasteiger partial charge is 0.337 e. The highest BCUT2D eigenvalue weighted by molar-refractivity contribution is 6.34. The maximum Gasteiger partial charge on any atom is 0.337 e. The molecule has 2 aliphatic rings. The number of carboxylic acids is 1. The number of aromatic carboxylic acids is 1. The van der Waals surface area contributed by atoms with Crippen LogP contribution in [0.3, 0.4) is 0 Å². The molecule has 1 saturated heterocycles. The molecule has 5 rings (SSSR count). The number of fused-ring (bicyclic) bond motifs is 1. The van der Waals surface area contributed by atoms with Crippen LogP contribution in [0.25, 0.3) is 11.1 Å². The lowest BCUT2D eigenvalue weighted by Gasteiger charge is -2.32. The summed E-state index contributed by atoms with van der Waals surface area (Å²) in [6.45, 7) is 6.66. The number of halogens is 1. The number of para-hydroxylation sites is 1. The first-order valence-corrected chi connectivity index (χ1v) is 13.3. The van der Waals surface area contributed by atoms with Crippen LogP contribution in [-0.2, 0) is 17.7 Å². The second-order valence-electron chi connectivity index (χ2n) is 9.66. The number of carboxylic acid groups (broad SMARTS) is 1. The number of morpholine rings is 1. The molecule has 1 amide bonds. The minimum absolute atomic E-state index is 0.0647. The predicted molar refractivity (Wildman–Crippen MR) is 149 cm³/mol. The third-order valence-electron chi connectivity index (χ3n) is 7.31. The van der Waals surface area contributed by atoms with E-state index in [2.05, 4.69) is 4.90 Å². The molecular weight excluding hydrogens is 520 g/mol. The minimum Gasteiger partial charge on any atom is -0.496 e. The molecule has 3 aromatic rings. The highest BCUT2D eigenvalue weighted by Gasteiger charge is 2.28. The molecule has 2 aliphatic heterocycles. The van der Waals surface area contributed by atoms with E-state index in [4.69, 9.17) is 25.8 Å². The molecule has 0 spiro atoms. The average Bonchev–Trinajstić information content (AvgIpc) is 2.96. The number of rotatable bonds is 6. The number of hydrogen-bond acceptors (Lipinski definition) is 6. The molecule has 8 nitrogen and oxygen atoms in total. The standard InChI is InChI=1S/C30H31ClN2O6/c1-4-19-13-23(25(31)15-27(19)37-3)29(34)33-16-20-6-5-7-21(28(20)39-17-33)22-14-26(32-8-10-38-11-9-32)24(30(35)36)12-18(22)2/h5-7,12-15H,4,8-11,16-17H2,1-3H3,(H,35,36). The van der Waals surface area contributed by atoms with Gasteiger partial charge in [-0.2, -0.15) is 0 Å². The van der Waals surface area contributed by atoms with Gasteiger partial charge in [0.2, 0.25) is 0 Å². The summed E-state index contributed by atoms with van der Waals surface area (Å²) in [4.78, 5) is 29.2. The predicted octanol–water partition coefficient (Wildman–Crippen LogP) is 5.41. The van der Waals surface area contributed by atoms with E-state index >= 15 is 0 Å². The molecule has 0 bridgehead atoms. The second kappa shape index (κ2) is 11.2. The molecule has 3 aromatic carbocycles. The number of benzene rings is 3. The fourth-order valence-corrected chi connectivity index (χ4v) is 5.47. The first-order chi connectivity index (χ1) is 18.8. The van der Waals surface area contributed by atoms with Gasteiger partial charge in [-0.3, -0.25) is 4.79 Å². The monoisotopic (exact) mass is 550 g/mol. The zero-order chi connectivity index (χ0) is 27.7. The first kappa shape index (κ1) is 26.8. The summed E-state index contributed by atoms with van der Waals surface area (Å²) in [7, 11) is 1.58. The number of carbonyl (C=O) groups is 2. The van der Waals surface area contributed by atoms with Crippen molar-refractivity contribution in [2.24, 2.45) is 0 Å². The maximum absolute atomic E-state index is 13.5. The summed E-state index contributed by atoms with van der Waals surface area (Å²) >= 11 is 6.47. The average molecular weight is 551 g/mol. The summed E-state index contributed by atoms with van der Waals surface area (Å²) in [5.41, 5.74) is 5.69. The number of aryl methyl sites for hydroxylation is 2. The van der Waals surface area contributed by atoms with Gasteiger partial charge in [-0.25, -0.2) is 4.79 Å². The zero-order valence-corrected chi connectivity index (χ0v) is 23.0. The quantitative estimate of drug-likeness (QED) is 0.439. The molecule has 9 heteroatoms. The Balaban J connectivity index is 1.48. The van der Waals surface area contributed by atoms with Crippen LogP contribution in [0, 0.1) is 6.92 Å². The van der Waals surface area contributed by atoms with Crippen molar-refractivity contribution in [3.8, 4) is 22.6 Å². The molecule has 1 fully saturated rings. The van der Waals surface area contributed by atoms with Gasteiger partial charge < -0.3 is 29.1 Å². The van der Waals surface area contributed by atoms with Crippen LogP contribution >= 0.6 is 11.6 Å². The summed E-state index contributed by atoms with van der Waals surface area (Å²) in [6, 6.07) is 13.0. The largest absolute Gasteiger partial charge is 0.496 e. The third kappa shape index (κ3) is 5.14. The van der Waals surface area contributed by atoms with E-state index < -0.39 is 5.97 Å². The number of nitrogens with zero attached hydrogens (tertiary/aromatic N) is 2. The highest BCUT2D eigenvalue weighted by Crippen LogP contribution is 2.41. The van der Waals surface area contributed by atoms with Gasteiger partial charge in [-0.1, -0.05) is 36.7 Å². The number of amides is 1. The van der Waals surface area contributed by atoms with Gasteiger partial charge in [-0.05, 0) is 54.3 Å². The van der Waals surface area contributed by atoms with Crippen LogP contribution < -0.4 is 14.4 Å². The minimum atomic E-state index is -0.963. The van der Waals surface area contributed by atoms with E-state index in [1.54, 1.807) is 30.2 Å². The van der Waals surface area contributed by atoms with Gasteiger partial charge in [0.1, 0.15) is 11.5 Å². The SMILES string of the molecule is CCc1cc(C(=O)N2COc3c(cccc3-c3cc(N4CCOCC4)c(C(=O)O)cc3C)C2)c(Cl)cc1OC. The highest BCUT2D eigenvalue weighted by atomic mass is 35.5. The first-order valence-electron chi connectivity index (χ1n) is 12.9. The van der Waals surface area contributed by atoms with Crippen molar-refractivity contribution in [2.45, 2.75) is 26.8 Å². The van der Waals surface area contributed by atoms with E-state index in [-0.39, 0.29) is 18.2 Å². The Morgan fingerprint density at radius 1 is 1.08 bits per heavy atom. The molecular formula is C30H31ClN2O6. The Labute approximate surface area is 232 Å². The van der Waals surface area contributed by atoms with Crippen molar-refractivity contribution in [1.29, 1.82) is 0 Å². The van der Waals surface area contributed by atoms with Crippen molar-refractivity contribution in [1.82, 2.24) is 4.90 Å². The van der Waals surface area contributed by atoms with Gasteiger partial charge in [0.25, 0.3) is 5.91 Å². The molecule has 204 valence electrons. The Hall–Kier alpha value is -3.75. The summed E-state index contributed by atoms with van der Waals surface area (Å²) in [5.74, 6) is 0.167. The van der Waals surface area contributed by atoms with Crippen LogP contribution in [-0.4, -0.2) is 62.0 Å². The van der Waals surface area contributed by atoms with Crippen LogP contribution in [0.15, 0.2) is 42.5 Å². The third-order valence-corrected chi connectivity index (χ3v) is 7.62. The van der Waals surface area contributed by atoms with E-state index in [9.17, 15) is 14.7 Å². The Kier molecular flexibility index (Phi) is 7.68. The van der Waals surface area contributed by atoms with Gasteiger partial charge in [0.05, 0.1) is 48.7 Å². The fourth-order valence-electron chi connectivity index (χ4n) is 5.24. The molecule has 0 atom stereocenters. The Morgan fingerprint density at radius 2 is 1.85 bits per heavy atom. The summed E-state index contributed by atoms with van der Waals surface area (Å²) in [5, 5.41) is 10.2. The molecule has 0 saturated carbocycles. The van der Waals surface area contributed by atoms with Crippen molar-refractivity contribution in [3.63, 3.8) is 0 Å². The molecule has 0 aromatic heterocycles. The molecule has 1 N–H and O–H groups in total. The van der Waals surface area contributed by atoms with E-state index in [1.165, 1.54) is 0 Å². The number of hydrogen-bond donors (Lipinski definition) is 1. The van der Waals surface area contributed by atoms with Crippen molar-refractivity contribution in [3.05, 3.63) is 75.3 Å². The van der Waals surface area contributed by atoms with Gasteiger partial charge in [-0.15, -0.1) is 0 Å². The number of ether oxygens (including phenoxy) is 3. The van der Waals surface area contributed by atoms with E-state index in [0.717, 1.165) is 27.8 Å². The van der Waals surface area contributed by atoms with Crippen molar-refractivity contribution >= 4 is 29.2 Å². The summed E-state index contributed by atoms with van der Waals surface area (Å²) in [6.07, 6.45) is 0.704. The second-order valence-corrected chi connectivity index (χ2v) is 10.1. The van der Waals surface area contributed by atoms with Crippen molar-refractivity contribution < 1.29 is 28.9 Å². The van der Waals surface area contributed by atoms with Crippen LogP contribution in [0.5, 0.6) is 11.5 Å². The lowest BCUT2D eigenvalue weighted by molar-refractivity contribution is 0.0515. The van der Waals surface area contributed by atoms with E-state index in [0.29, 0.717) is 67.0 Å². The summed E-state index contributed by atoms with van der Waals surface area (Å²) < 4.78 is 17.1. The van der Waals surface area contributed by atoms with Gasteiger partial charge in [0.15, 0.2) is 6.73 Å². The fraction of sp³-hybridized carbons (Fsp3) is 0.333. The van der Waals surface area contributed by atoms with Gasteiger partial charge >= 0.3 is 5.97 Å². The number of carbonyl (C=O) groups excluding carboxylic acids is 1. The molecule has 0 aliphatic carbocycles. The van der Waals surface area contributed by atoms with E-state index in [1.807, 2.05) is 38.1 Å². The molecule has 0 unspecified atom stereocenters. The van der Waals surface area contributed by atoms with Crippen LogP contribution in [0.1, 0.15) is 44.3 Å². The Bertz CT molecular complexity index is 1430. The number of methoxy groups -OCH3 is 1.